The van der Waals surface area contributed by atoms with Crippen LogP contribution in [0.25, 0.3) is 11.1 Å². The molecule has 1 saturated carbocycles. The molecule has 4 rings (SSSR count). The minimum atomic E-state index is -0.838. The third-order valence-electron chi connectivity index (χ3n) is 7.04. The molecule has 3 aromatic carbocycles. The SMILES string of the molecule is CCCc1ccc(-c2ccc(COC3CCC(c4ccc(CC)c(F)c4)CC3)c(F)c2F)cc1. The summed E-state index contributed by atoms with van der Waals surface area (Å²) in [6, 6.07) is 16.5. The quantitative estimate of drug-likeness (QED) is 0.323. The van der Waals surface area contributed by atoms with Crippen molar-refractivity contribution in [3.8, 4) is 11.1 Å². The summed E-state index contributed by atoms with van der Waals surface area (Å²) in [5.41, 5.74) is 4.16. The Morgan fingerprint density at radius 1 is 0.794 bits per heavy atom. The minimum absolute atomic E-state index is 0.00394. The molecule has 0 N–H and O–H groups in total. The van der Waals surface area contributed by atoms with Gasteiger partial charge >= 0.3 is 0 Å². The molecule has 1 aliphatic carbocycles. The molecule has 3 aromatic rings. The van der Waals surface area contributed by atoms with Crippen molar-refractivity contribution in [3.63, 3.8) is 0 Å². The lowest BCUT2D eigenvalue weighted by Gasteiger charge is -2.29. The average molecular weight is 467 g/mol. The summed E-state index contributed by atoms with van der Waals surface area (Å²) in [6.07, 6.45) is 6.17. The lowest BCUT2D eigenvalue weighted by Crippen LogP contribution is -2.21. The van der Waals surface area contributed by atoms with Crippen molar-refractivity contribution in [2.75, 3.05) is 0 Å². The van der Waals surface area contributed by atoms with E-state index in [9.17, 15) is 13.2 Å². The summed E-state index contributed by atoms with van der Waals surface area (Å²) in [5.74, 6) is -1.48. The van der Waals surface area contributed by atoms with Crippen LogP contribution in [0.15, 0.2) is 54.6 Å². The molecule has 1 nitrogen and oxygen atoms in total. The van der Waals surface area contributed by atoms with Gasteiger partial charge in [-0.1, -0.05) is 68.8 Å². The van der Waals surface area contributed by atoms with Crippen molar-refractivity contribution in [1.82, 2.24) is 0 Å². The van der Waals surface area contributed by atoms with Gasteiger partial charge in [-0.25, -0.2) is 13.2 Å². The van der Waals surface area contributed by atoms with Crippen LogP contribution in [-0.2, 0) is 24.2 Å². The average Bonchev–Trinajstić information content (AvgIpc) is 2.86. The van der Waals surface area contributed by atoms with E-state index < -0.39 is 11.6 Å². The first-order chi connectivity index (χ1) is 16.5. The van der Waals surface area contributed by atoms with Crippen molar-refractivity contribution >= 4 is 0 Å². The molecule has 0 heterocycles. The molecule has 0 saturated heterocycles. The smallest absolute Gasteiger partial charge is 0.167 e. The third kappa shape index (κ3) is 5.55. The first kappa shape index (κ1) is 24.5. The second-order valence-corrected chi connectivity index (χ2v) is 9.34. The van der Waals surface area contributed by atoms with Crippen LogP contribution >= 0.6 is 0 Å². The standard InChI is InChI=1S/C30H33F3O/c1-3-5-20-6-8-23(9-7-20)27-17-14-25(29(32)30(27)33)19-34-26-15-12-22(13-16-26)24-11-10-21(4-2)28(31)18-24/h6-11,14,17-18,22,26H,3-5,12-13,15-16,19H2,1-2H3. The highest BCUT2D eigenvalue weighted by Gasteiger charge is 2.24. The van der Waals surface area contributed by atoms with Crippen LogP contribution in [-0.4, -0.2) is 6.10 Å². The van der Waals surface area contributed by atoms with E-state index in [1.54, 1.807) is 18.2 Å². The lowest BCUT2D eigenvalue weighted by molar-refractivity contribution is 0.0119. The molecule has 34 heavy (non-hydrogen) atoms. The summed E-state index contributed by atoms with van der Waals surface area (Å²) < 4.78 is 49.7. The number of hydrogen-bond donors (Lipinski definition) is 0. The Morgan fingerprint density at radius 2 is 1.50 bits per heavy atom. The molecule has 180 valence electrons. The van der Waals surface area contributed by atoms with Crippen molar-refractivity contribution in [2.45, 2.75) is 77.4 Å². The van der Waals surface area contributed by atoms with Gasteiger partial charge in [0, 0.05) is 11.1 Å². The third-order valence-corrected chi connectivity index (χ3v) is 7.04. The summed E-state index contributed by atoms with van der Waals surface area (Å²) in [7, 11) is 0. The van der Waals surface area contributed by atoms with Crippen molar-refractivity contribution in [3.05, 3.63) is 94.3 Å². The van der Waals surface area contributed by atoms with E-state index in [4.69, 9.17) is 4.74 Å². The number of rotatable bonds is 8. The molecule has 0 aromatic heterocycles. The summed E-state index contributed by atoms with van der Waals surface area (Å²) >= 11 is 0. The number of aryl methyl sites for hydroxylation is 2. The van der Waals surface area contributed by atoms with E-state index >= 15 is 0 Å². The number of ether oxygens (including phenoxy) is 1. The number of halogens is 3. The van der Waals surface area contributed by atoms with Crippen LogP contribution in [0.3, 0.4) is 0 Å². The van der Waals surface area contributed by atoms with E-state index in [1.165, 1.54) is 5.56 Å². The molecule has 0 unspecified atom stereocenters. The fourth-order valence-corrected chi connectivity index (χ4v) is 4.94. The molecule has 4 heteroatoms. The molecule has 0 radical (unpaired) electrons. The van der Waals surface area contributed by atoms with Gasteiger partial charge in [-0.15, -0.1) is 0 Å². The van der Waals surface area contributed by atoms with Crippen molar-refractivity contribution in [2.24, 2.45) is 0 Å². The van der Waals surface area contributed by atoms with Crippen LogP contribution in [0, 0.1) is 17.5 Å². The number of benzene rings is 3. The maximum Gasteiger partial charge on any atom is 0.167 e. The van der Waals surface area contributed by atoms with Gasteiger partial charge in [0.25, 0.3) is 0 Å². The molecular weight excluding hydrogens is 433 g/mol. The zero-order valence-electron chi connectivity index (χ0n) is 20.0. The highest BCUT2D eigenvalue weighted by molar-refractivity contribution is 5.65. The van der Waals surface area contributed by atoms with Crippen LogP contribution in [0.2, 0.25) is 0 Å². The Morgan fingerprint density at radius 3 is 2.15 bits per heavy atom. The fraction of sp³-hybridized carbons (Fsp3) is 0.400. The Kier molecular flexibility index (Phi) is 8.10. The summed E-state index contributed by atoms with van der Waals surface area (Å²) in [5, 5.41) is 0. The molecule has 0 spiro atoms. The monoisotopic (exact) mass is 466 g/mol. The second kappa shape index (κ2) is 11.2. The Balaban J connectivity index is 1.34. The first-order valence-corrected chi connectivity index (χ1v) is 12.5. The maximum absolute atomic E-state index is 14.8. The van der Waals surface area contributed by atoms with Gasteiger partial charge in [-0.05, 0) is 72.8 Å². The normalized spacial score (nSPS) is 18.3. The van der Waals surface area contributed by atoms with Crippen LogP contribution in [0.5, 0.6) is 0 Å². The van der Waals surface area contributed by atoms with Crippen molar-refractivity contribution in [1.29, 1.82) is 0 Å². The fourth-order valence-electron chi connectivity index (χ4n) is 4.94. The Hall–Kier alpha value is -2.59. The molecule has 0 amide bonds. The van der Waals surface area contributed by atoms with Gasteiger partial charge in [-0.2, -0.15) is 0 Å². The Bertz CT molecular complexity index is 1100. The predicted molar refractivity (Wildman–Crippen MR) is 131 cm³/mol. The van der Waals surface area contributed by atoms with Crippen molar-refractivity contribution < 1.29 is 17.9 Å². The second-order valence-electron chi connectivity index (χ2n) is 9.34. The topological polar surface area (TPSA) is 9.23 Å². The van der Waals surface area contributed by atoms with Gasteiger partial charge < -0.3 is 4.74 Å². The molecule has 1 aliphatic rings. The molecule has 1 fully saturated rings. The number of hydrogen-bond acceptors (Lipinski definition) is 1. The van der Waals surface area contributed by atoms with Gasteiger partial charge in [0.05, 0.1) is 12.7 Å². The van der Waals surface area contributed by atoms with E-state index in [0.717, 1.165) is 49.7 Å². The van der Waals surface area contributed by atoms with E-state index in [-0.39, 0.29) is 29.7 Å². The van der Waals surface area contributed by atoms with Gasteiger partial charge in [-0.3, -0.25) is 0 Å². The first-order valence-electron chi connectivity index (χ1n) is 12.5. The van der Waals surface area contributed by atoms with E-state index in [1.807, 2.05) is 43.3 Å². The maximum atomic E-state index is 14.8. The lowest BCUT2D eigenvalue weighted by atomic mass is 9.82. The molecule has 0 atom stereocenters. The van der Waals surface area contributed by atoms with Gasteiger partial charge in [0.1, 0.15) is 5.82 Å². The summed E-state index contributed by atoms with van der Waals surface area (Å²) in [6.45, 7) is 4.11. The van der Waals surface area contributed by atoms with Crippen LogP contribution < -0.4 is 0 Å². The van der Waals surface area contributed by atoms with Crippen LogP contribution in [0.1, 0.15) is 74.1 Å². The largest absolute Gasteiger partial charge is 0.373 e. The molecular formula is C30H33F3O. The minimum Gasteiger partial charge on any atom is -0.373 e. The summed E-state index contributed by atoms with van der Waals surface area (Å²) in [4.78, 5) is 0. The zero-order valence-corrected chi connectivity index (χ0v) is 20.0. The predicted octanol–water partition coefficient (Wildman–Crippen LogP) is 8.53. The Labute approximate surface area is 201 Å². The highest BCUT2D eigenvalue weighted by Crippen LogP contribution is 2.35. The van der Waals surface area contributed by atoms with Gasteiger partial charge in [0.15, 0.2) is 11.6 Å². The van der Waals surface area contributed by atoms with E-state index in [2.05, 4.69) is 6.92 Å². The molecule has 0 bridgehead atoms. The molecule has 0 aliphatic heterocycles. The highest BCUT2D eigenvalue weighted by atomic mass is 19.2. The van der Waals surface area contributed by atoms with Gasteiger partial charge in [0.2, 0.25) is 0 Å². The van der Waals surface area contributed by atoms with E-state index in [0.29, 0.717) is 17.9 Å². The van der Waals surface area contributed by atoms with Crippen LogP contribution in [0.4, 0.5) is 13.2 Å². The zero-order chi connectivity index (χ0) is 24.1.